The maximum atomic E-state index is 11.6. The molecule has 0 aliphatic heterocycles. The Bertz CT molecular complexity index is 686. The third kappa shape index (κ3) is 5.32. The molecule has 6 nitrogen and oxygen atoms in total. The largest absolute Gasteiger partial charge is 0.380 e. The van der Waals surface area contributed by atoms with Crippen molar-refractivity contribution in [2.75, 3.05) is 10.6 Å². The van der Waals surface area contributed by atoms with Crippen LogP contribution in [0, 0.1) is 11.3 Å². The number of nitrogens with one attached hydrogen (secondary N) is 3. The van der Waals surface area contributed by atoms with Crippen molar-refractivity contribution in [1.29, 1.82) is 5.26 Å². The molecule has 0 aliphatic rings. The minimum atomic E-state index is -0.213. The number of hydrogen-bond acceptors (Lipinski definition) is 4. The molecule has 0 aliphatic carbocycles. The van der Waals surface area contributed by atoms with E-state index < -0.39 is 0 Å². The van der Waals surface area contributed by atoms with Gasteiger partial charge in [-0.1, -0.05) is 12.1 Å². The van der Waals surface area contributed by atoms with Gasteiger partial charge in [0.25, 0.3) is 0 Å². The Labute approximate surface area is 135 Å². The molecule has 1 heterocycles. The van der Waals surface area contributed by atoms with E-state index in [4.69, 9.17) is 5.26 Å². The Morgan fingerprint density at radius 3 is 2.43 bits per heavy atom. The third-order valence-corrected chi connectivity index (χ3v) is 3.01. The van der Waals surface area contributed by atoms with Crippen LogP contribution in [0.3, 0.4) is 0 Å². The van der Waals surface area contributed by atoms with Crippen LogP contribution >= 0.6 is 0 Å². The molecule has 0 saturated heterocycles. The summed E-state index contributed by atoms with van der Waals surface area (Å²) in [4.78, 5) is 15.6. The molecule has 0 unspecified atom stereocenters. The summed E-state index contributed by atoms with van der Waals surface area (Å²) in [7, 11) is 0. The first kappa shape index (κ1) is 16.3. The Morgan fingerprint density at radius 1 is 1.17 bits per heavy atom. The van der Waals surface area contributed by atoms with Crippen molar-refractivity contribution in [3.8, 4) is 6.07 Å². The number of aromatic nitrogens is 1. The van der Waals surface area contributed by atoms with Crippen LogP contribution in [-0.4, -0.2) is 17.1 Å². The van der Waals surface area contributed by atoms with Gasteiger partial charge in [0.1, 0.15) is 11.8 Å². The number of carbonyl (C=O) groups excluding carboxylic acids is 1. The molecule has 0 bridgehead atoms. The number of benzene rings is 1. The maximum absolute atomic E-state index is 11.6. The average molecular weight is 309 g/mol. The molecule has 23 heavy (non-hydrogen) atoms. The summed E-state index contributed by atoms with van der Waals surface area (Å²) in [5, 5.41) is 17.5. The summed E-state index contributed by atoms with van der Waals surface area (Å²) in [6, 6.07) is 12.9. The molecule has 0 spiro atoms. The summed E-state index contributed by atoms with van der Waals surface area (Å²) in [5.41, 5.74) is 3.06. The Kier molecular flexibility index (Phi) is 5.53. The van der Waals surface area contributed by atoms with E-state index in [-0.39, 0.29) is 12.1 Å². The van der Waals surface area contributed by atoms with Gasteiger partial charge in [0.05, 0.1) is 11.9 Å². The standard InChI is InChI=1S/C17H19N5O/c1-12(2)21-17(23)22-14-5-3-13(4-6-14)10-19-16-8-7-15(9-18)20-11-16/h3-8,11-12,19H,10H2,1-2H3,(H2,21,22,23). The van der Waals surface area contributed by atoms with E-state index >= 15 is 0 Å². The van der Waals surface area contributed by atoms with Gasteiger partial charge in [-0.3, -0.25) is 0 Å². The van der Waals surface area contributed by atoms with Crippen LogP contribution in [0.25, 0.3) is 0 Å². The Morgan fingerprint density at radius 2 is 1.87 bits per heavy atom. The highest BCUT2D eigenvalue weighted by atomic mass is 16.2. The molecule has 0 saturated carbocycles. The molecule has 3 N–H and O–H groups in total. The van der Waals surface area contributed by atoms with Crippen molar-refractivity contribution in [1.82, 2.24) is 10.3 Å². The zero-order chi connectivity index (χ0) is 16.7. The number of anilines is 2. The number of carbonyl (C=O) groups is 1. The van der Waals surface area contributed by atoms with E-state index in [1.807, 2.05) is 50.2 Å². The fourth-order valence-electron chi connectivity index (χ4n) is 1.90. The van der Waals surface area contributed by atoms with E-state index in [9.17, 15) is 4.79 Å². The van der Waals surface area contributed by atoms with Crippen LogP contribution in [0.5, 0.6) is 0 Å². The van der Waals surface area contributed by atoms with Crippen LogP contribution in [0.4, 0.5) is 16.2 Å². The first-order valence-corrected chi connectivity index (χ1v) is 7.33. The van der Waals surface area contributed by atoms with Gasteiger partial charge in [0.2, 0.25) is 0 Å². The number of nitriles is 1. The van der Waals surface area contributed by atoms with Gasteiger partial charge in [-0.25, -0.2) is 9.78 Å². The lowest BCUT2D eigenvalue weighted by atomic mass is 10.2. The van der Waals surface area contributed by atoms with Crippen LogP contribution in [0.1, 0.15) is 25.1 Å². The normalized spacial score (nSPS) is 10.0. The predicted octanol–water partition coefficient (Wildman–Crippen LogP) is 3.10. The van der Waals surface area contributed by atoms with Crippen molar-refractivity contribution in [3.05, 3.63) is 53.9 Å². The topological polar surface area (TPSA) is 89.8 Å². The summed E-state index contributed by atoms with van der Waals surface area (Å²) in [6.07, 6.45) is 1.63. The van der Waals surface area contributed by atoms with Gasteiger partial charge in [-0.2, -0.15) is 5.26 Å². The number of rotatable bonds is 5. The minimum Gasteiger partial charge on any atom is -0.380 e. The maximum Gasteiger partial charge on any atom is 0.319 e. The lowest BCUT2D eigenvalue weighted by molar-refractivity contribution is 0.250. The van der Waals surface area contributed by atoms with Gasteiger partial charge >= 0.3 is 6.03 Å². The van der Waals surface area contributed by atoms with Gasteiger partial charge in [0, 0.05) is 18.3 Å². The van der Waals surface area contributed by atoms with Crippen molar-refractivity contribution in [3.63, 3.8) is 0 Å². The fourth-order valence-corrected chi connectivity index (χ4v) is 1.90. The van der Waals surface area contributed by atoms with Crippen LogP contribution in [0.2, 0.25) is 0 Å². The Hall–Kier alpha value is -3.07. The SMILES string of the molecule is CC(C)NC(=O)Nc1ccc(CNc2ccc(C#N)nc2)cc1. The quantitative estimate of drug-likeness (QED) is 0.791. The smallest absolute Gasteiger partial charge is 0.319 e. The molecule has 2 rings (SSSR count). The van der Waals surface area contributed by atoms with Crippen molar-refractivity contribution in [2.45, 2.75) is 26.4 Å². The lowest BCUT2D eigenvalue weighted by Gasteiger charge is -2.11. The molecule has 0 atom stereocenters. The van der Waals surface area contributed by atoms with Crippen molar-refractivity contribution >= 4 is 17.4 Å². The summed E-state index contributed by atoms with van der Waals surface area (Å²) < 4.78 is 0. The number of nitrogens with zero attached hydrogens (tertiary/aromatic N) is 2. The summed E-state index contributed by atoms with van der Waals surface area (Å²) >= 11 is 0. The number of urea groups is 1. The van der Waals surface area contributed by atoms with Crippen LogP contribution in [-0.2, 0) is 6.54 Å². The number of pyridine rings is 1. The second kappa shape index (κ2) is 7.80. The van der Waals surface area contributed by atoms with Crippen molar-refractivity contribution < 1.29 is 4.79 Å². The Balaban J connectivity index is 1.87. The third-order valence-electron chi connectivity index (χ3n) is 3.01. The van der Waals surface area contributed by atoms with Gasteiger partial charge in [0.15, 0.2) is 0 Å². The molecule has 0 fully saturated rings. The second-order valence-corrected chi connectivity index (χ2v) is 5.35. The monoisotopic (exact) mass is 309 g/mol. The van der Waals surface area contributed by atoms with Crippen LogP contribution < -0.4 is 16.0 Å². The molecule has 0 radical (unpaired) electrons. The van der Waals surface area contributed by atoms with Gasteiger partial charge < -0.3 is 16.0 Å². The highest BCUT2D eigenvalue weighted by molar-refractivity contribution is 5.89. The molecule has 1 aromatic carbocycles. The zero-order valence-corrected chi connectivity index (χ0v) is 13.1. The molecule has 118 valence electrons. The highest BCUT2D eigenvalue weighted by Crippen LogP contribution is 2.12. The molecule has 2 amide bonds. The number of hydrogen-bond donors (Lipinski definition) is 3. The van der Waals surface area contributed by atoms with Gasteiger partial charge in [-0.15, -0.1) is 0 Å². The lowest BCUT2D eigenvalue weighted by Crippen LogP contribution is -2.34. The van der Waals surface area contributed by atoms with E-state index in [1.54, 1.807) is 12.3 Å². The van der Waals surface area contributed by atoms with E-state index in [1.165, 1.54) is 0 Å². The minimum absolute atomic E-state index is 0.0968. The van der Waals surface area contributed by atoms with Gasteiger partial charge in [-0.05, 0) is 43.7 Å². The fraction of sp³-hybridized carbons (Fsp3) is 0.235. The second-order valence-electron chi connectivity index (χ2n) is 5.35. The first-order valence-electron chi connectivity index (χ1n) is 7.33. The summed E-state index contributed by atoms with van der Waals surface area (Å²) in [5.74, 6) is 0. The summed E-state index contributed by atoms with van der Waals surface area (Å²) in [6.45, 7) is 4.45. The van der Waals surface area contributed by atoms with E-state index in [2.05, 4.69) is 20.9 Å². The molecule has 2 aromatic rings. The average Bonchev–Trinajstić information content (AvgIpc) is 2.54. The number of amides is 2. The molecular weight excluding hydrogens is 290 g/mol. The predicted molar refractivity (Wildman–Crippen MR) is 90.0 cm³/mol. The van der Waals surface area contributed by atoms with E-state index in [0.29, 0.717) is 12.2 Å². The molecule has 1 aromatic heterocycles. The van der Waals surface area contributed by atoms with E-state index in [0.717, 1.165) is 16.9 Å². The molecular formula is C17H19N5O. The highest BCUT2D eigenvalue weighted by Gasteiger charge is 2.03. The molecule has 6 heteroatoms. The van der Waals surface area contributed by atoms with Crippen LogP contribution in [0.15, 0.2) is 42.6 Å². The van der Waals surface area contributed by atoms with Crippen molar-refractivity contribution in [2.24, 2.45) is 0 Å². The zero-order valence-electron chi connectivity index (χ0n) is 13.1. The first-order chi connectivity index (χ1) is 11.1.